The summed E-state index contributed by atoms with van der Waals surface area (Å²) in [4.78, 5) is 2.58. The minimum absolute atomic E-state index is 0.554. The summed E-state index contributed by atoms with van der Waals surface area (Å²) in [5.74, 6) is 1.73. The van der Waals surface area contributed by atoms with Crippen LogP contribution in [-0.2, 0) is 0 Å². The van der Waals surface area contributed by atoms with Crippen LogP contribution in [0.4, 0.5) is 0 Å². The molecule has 0 saturated heterocycles. The fraction of sp³-hybridized carbons (Fsp3) is 1.00. The maximum Gasteiger partial charge on any atom is 0.00684 e. The van der Waals surface area contributed by atoms with Gasteiger partial charge >= 0.3 is 0 Å². The van der Waals surface area contributed by atoms with Crippen LogP contribution in [-0.4, -0.2) is 37.6 Å². The Bertz CT molecular complexity index is 262. The van der Waals surface area contributed by atoms with Crippen LogP contribution in [0.5, 0.6) is 0 Å². The minimum atomic E-state index is 0.554. The highest BCUT2D eigenvalue weighted by Gasteiger charge is 2.36. The zero-order valence-corrected chi connectivity index (χ0v) is 13.5. The summed E-state index contributed by atoms with van der Waals surface area (Å²) in [6, 6.07) is 0.853. The van der Waals surface area contributed by atoms with Crippen LogP contribution in [0.3, 0.4) is 0 Å². The molecule has 112 valence electrons. The first kappa shape index (κ1) is 15.3. The first-order chi connectivity index (χ1) is 8.99. The van der Waals surface area contributed by atoms with Crippen molar-refractivity contribution in [2.24, 2.45) is 17.3 Å². The van der Waals surface area contributed by atoms with Gasteiger partial charge in [-0.05, 0) is 50.0 Å². The molecule has 0 heterocycles. The lowest BCUT2D eigenvalue weighted by atomic mass is 9.70. The van der Waals surface area contributed by atoms with E-state index in [0.29, 0.717) is 5.41 Å². The highest BCUT2D eigenvalue weighted by atomic mass is 15.1. The fourth-order valence-corrected chi connectivity index (χ4v) is 3.67. The maximum absolute atomic E-state index is 3.81. The predicted molar refractivity (Wildman–Crippen MR) is 83.4 cm³/mol. The number of nitrogens with zero attached hydrogens (tertiary/aromatic N) is 1. The van der Waals surface area contributed by atoms with Crippen molar-refractivity contribution in [3.05, 3.63) is 0 Å². The van der Waals surface area contributed by atoms with E-state index in [1.807, 2.05) is 0 Å². The molecule has 0 aliphatic heterocycles. The van der Waals surface area contributed by atoms with Gasteiger partial charge in [-0.25, -0.2) is 0 Å². The summed E-state index contributed by atoms with van der Waals surface area (Å²) in [5, 5.41) is 3.81. The monoisotopic (exact) mass is 266 g/mol. The van der Waals surface area contributed by atoms with Crippen molar-refractivity contribution >= 4 is 0 Å². The lowest BCUT2D eigenvalue weighted by Gasteiger charge is -2.42. The number of nitrogens with one attached hydrogen (secondary N) is 1. The zero-order chi connectivity index (χ0) is 13.9. The van der Waals surface area contributed by atoms with E-state index in [1.165, 1.54) is 58.2 Å². The Hall–Kier alpha value is -0.0800. The summed E-state index contributed by atoms with van der Waals surface area (Å²) in [7, 11) is 2.32. The standard InChI is InChI=1S/C17H34N2/c1-14(2)11-19(4)13-17(12-18-16-5-6-16)9-7-15(3)8-10-17/h14-16,18H,5-13H2,1-4H3. The van der Waals surface area contributed by atoms with Crippen LogP contribution in [0, 0.1) is 17.3 Å². The van der Waals surface area contributed by atoms with Gasteiger partial charge in [0.15, 0.2) is 0 Å². The molecule has 2 nitrogen and oxygen atoms in total. The SMILES string of the molecule is CC(C)CN(C)CC1(CNC2CC2)CCC(C)CC1. The van der Waals surface area contributed by atoms with E-state index in [-0.39, 0.29) is 0 Å². The Morgan fingerprint density at radius 3 is 2.32 bits per heavy atom. The quantitative estimate of drug-likeness (QED) is 0.758. The molecule has 0 atom stereocenters. The molecule has 2 rings (SSSR count). The highest BCUT2D eigenvalue weighted by Crippen LogP contribution is 2.39. The smallest absolute Gasteiger partial charge is 0.00684 e. The molecule has 0 radical (unpaired) electrons. The molecule has 0 spiro atoms. The van der Waals surface area contributed by atoms with Crippen molar-refractivity contribution in [3.8, 4) is 0 Å². The van der Waals surface area contributed by atoms with Crippen LogP contribution in [0.15, 0.2) is 0 Å². The van der Waals surface area contributed by atoms with Gasteiger partial charge in [-0.3, -0.25) is 0 Å². The molecule has 0 aromatic carbocycles. The third-order valence-electron chi connectivity index (χ3n) is 4.96. The topological polar surface area (TPSA) is 15.3 Å². The number of hydrogen-bond donors (Lipinski definition) is 1. The third-order valence-corrected chi connectivity index (χ3v) is 4.96. The van der Waals surface area contributed by atoms with Gasteiger partial charge in [0.1, 0.15) is 0 Å². The third kappa shape index (κ3) is 5.07. The molecule has 0 aromatic heterocycles. The summed E-state index contributed by atoms with van der Waals surface area (Å²) in [6.45, 7) is 10.9. The van der Waals surface area contributed by atoms with E-state index in [2.05, 4.69) is 38.0 Å². The van der Waals surface area contributed by atoms with Gasteiger partial charge in [-0.1, -0.05) is 33.6 Å². The molecule has 0 unspecified atom stereocenters. The molecule has 2 fully saturated rings. The first-order valence-electron chi connectivity index (χ1n) is 8.41. The molecule has 0 bridgehead atoms. The zero-order valence-electron chi connectivity index (χ0n) is 13.5. The van der Waals surface area contributed by atoms with Crippen LogP contribution in [0.1, 0.15) is 59.3 Å². The fourth-order valence-electron chi connectivity index (χ4n) is 3.67. The van der Waals surface area contributed by atoms with Crippen molar-refractivity contribution in [3.63, 3.8) is 0 Å². The second-order valence-electron chi connectivity index (χ2n) is 7.93. The second kappa shape index (κ2) is 6.58. The van der Waals surface area contributed by atoms with Gasteiger partial charge in [0.2, 0.25) is 0 Å². The molecule has 1 N–H and O–H groups in total. The van der Waals surface area contributed by atoms with Crippen molar-refractivity contribution in [1.82, 2.24) is 10.2 Å². The Morgan fingerprint density at radius 2 is 1.79 bits per heavy atom. The van der Waals surface area contributed by atoms with Crippen LogP contribution < -0.4 is 5.32 Å². The van der Waals surface area contributed by atoms with E-state index < -0.39 is 0 Å². The van der Waals surface area contributed by atoms with Gasteiger partial charge in [0, 0.05) is 25.7 Å². The predicted octanol–water partition coefficient (Wildman–Crippen LogP) is 3.52. The molecule has 2 aliphatic rings. The van der Waals surface area contributed by atoms with Crippen molar-refractivity contribution in [2.45, 2.75) is 65.3 Å². The van der Waals surface area contributed by atoms with Gasteiger partial charge in [0.25, 0.3) is 0 Å². The molecular weight excluding hydrogens is 232 g/mol. The molecule has 2 saturated carbocycles. The van der Waals surface area contributed by atoms with E-state index in [4.69, 9.17) is 0 Å². The Labute approximate surface area is 120 Å². The van der Waals surface area contributed by atoms with Crippen LogP contribution >= 0.6 is 0 Å². The molecule has 0 amide bonds. The highest BCUT2D eigenvalue weighted by molar-refractivity contribution is 4.92. The molecular formula is C17H34N2. The summed E-state index contributed by atoms with van der Waals surface area (Å²) >= 11 is 0. The molecule has 19 heavy (non-hydrogen) atoms. The van der Waals surface area contributed by atoms with Gasteiger partial charge in [0.05, 0.1) is 0 Å². The largest absolute Gasteiger partial charge is 0.313 e. The van der Waals surface area contributed by atoms with E-state index in [9.17, 15) is 0 Å². The summed E-state index contributed by atoms with van der Waals surface area (Å²) in [6.07, 6.45) is 8.54. The average Bonchev–Trinajstić information content (AvgIpc) is 3.13. The molecule has 2 heteroatoms. The Kier molecular flexibility index (Phi) is 5.30. The van der Waals surface area contributed by atoms with Gasteiger partial charge < -0.3 is 10.2 Å². The van der Waals surface area contributed by atoms with Crippen LogP contribution in [0.25, 0.3) is 0 Å². The lowest BCUT2D eigenvalue weighted by Crippen LogP contribution is -2.46. The molecule has 2 aliphatic carbocycles. The summed E-state index contributed by atoms with van der Waals surface area (Å²) < 4.78 is 0. The van der Waals surface area contributed by atoms with E-state index in [1.54, 1.807) is 0 Å². The first-order valence-corrected chi connectivity index (χ1v) is 8.41. The number of rotatable bonds is 7. The summed E-state index contributed by atoms with van der Waals surface area (Å²) in [5.41, 5.74) is 0.554. The van der Waals surface area contributed by atoms with Crippen molar-refractivity contribution < 1.29 is 0 Å². The van der Waals surface area contributed by atoms with E-state index in [0.717, 1.165) is 17.9 Å². The van der Waals surface area contributed by atoms with E-state index >= 15 is 0 Å². The van der Waals surface area contributed by atoms with Gasteiger partial charge in [-0.2, -0.15) is 0 Å². The molecule has 0 aromatic rings. The Balaban J connectivity index is 1.88. The average molecular weight is 266 g/mol. The van der Waals surface area contributed by atoms with Gasteiger partial charge in [-0.15, -0.1) is 0 Å². The lowest BCUT2D eigenvalue weighted by molar-refractivity contribution is 0.0933. The number of hydrogen-bond acceptors (Lipinski definition) is 2. The normalized spacial score (nSPS) is 32.2. The van der Waals surface area contributed by atoms with Crippen molar-refractivity contribution in [2.75, 3.05) is 26.7 Å². The van der Waals surface area contributed by atoms with Crippen LogP contribution in [0.2, 0.25) is 0 Å². The Morgan fingerprint density at radius 1 is 1.16 bits per heavy atom. The second-order valence-corrected chi connectivity index (χ2v) is 7.93. The maximum atomic E-state index is 3.81. The minimum Gasteiger partial charge on any atom is -0.313 e. The van der Waals surface area contributed by atoms with Crippen molar-refractivity contribution in [1.29, 1.82) is 0 Å².